The Morgan fingerprint density at radius 3 is 2.32 bits per heavy atom. The standard InChI is InChI=1S/C23H20Cl3NO4/c24-15-3-1-14(2-4-15)19(28)5-6-21(30)27-9-7-23(8-10-27)13-20(29)17-11-16(25)12-18(26)22(17)31-23/h1-4,11-12H,5-10,13H2. The predicted octanol–water partition coefficient (Wildman–Crippen LogP) is 5.64. The minimum absolute atomic E-state index is 0.0565. The Balaban J connectivity index is 1.35. The van der Waals surface area contributed by atoms with Crippen LogP contribution in [0.3, 0.4) is 0 Å². The number of Topliss-reactive ketones (excluding diaryl/α,β-unsaturated/α-hetero) is 2. The molecule has 0 unspecified atom stereocenters. The minimum atomic E-state index is -0.669. The van der Waals surface area contributed by atoms with E-state index in [0.29, 0.717) is 57.9 Å². The van der Waals surface area contributed by atoms with Crippen molar-refractivity contribution < 1.29 is 19.1 Å². The van der Waals surface area contributed by atoms with Crippen molar-refractivity contribution in [3.63, 3.8) is 0 Å². The maximum atomic E-state index is 12.7. The molecule has 0 radical (unpaired) electrons. The number of benzene rings is 2. The number of rotatable bonds is 4. The molecule has 8 heteroatoms. The van der Waals surface area contributed by atoms with Gasteiger partial charge in [0.15, 0.2) is 11.6 Å². The summed E-state index contributed by atoms with van der Waals surface area (Å²) in [5.41, 5.74) is 0.277. The maximum Gasteiger partial charge on any atom is 0.223 e. The molecule has 1 amide bonds. The summed E-state index contributed by atoms with van der Waals surface area (Å²) in [5.74, 6) is 0.142. The lowest BCUT2D eigenvalue weighted by Gasteiger charge is -2.44. The fourth-order valence-corrected chi connectivity index (χ4v) is 4.77. The first-order valence-electron chi connectivity index (χ1n) is 10.0. The number of ketones is 2. The van der Waals surface area contributed by atoms with E-state index < -0.39 is 5.60 Å². The lowest BCUT2D eigenvalue weighted by atomic mass is 9.82. The van der Waals surface area contributed by atoms with Crippen LogP contribution in [0.1, 0.15) is 52.8 Å². The van der Waals surface area contributed by atoms with Crippen molar-refractivity contribution in [1.29, 1.82) is 0 Å². The number of piperidine rings is 1. The SMILES string of the molecule is O=C(CCC(=O)N1CCC2(CC1)CC(=O)c1cc(Cl)cc(Cl)c1O2)c1ccc(Cl)cc1. The second kappa shape index (κ2) is 8.81. The van der Waals surface area contributed by atoms with Crippen LogP contribution in [-0.4, -0.2) is 41.1 Å². The second-order valence-electron chi connectivity index (χ2n) is 7.96. The largest absolute Gasteiger partial charge is 0.484 e. The zero-order chi connectivity index (χ0) is 22.2. The van der Waals surface area contributed by atoms with Crippen molar-refractivity contribution in [2.45, 2.75) is 37.7 Å². The van der Waals surface area contributed by atoms with Gasteiger partial charge in [-0.15, -0.1) is 0 Å². The molecule has 162 valence electrons. The van der Waals surface area contributed by atoms with Crippen LogP contribution in [0, 0.1) is 0 Å². The Kier molecular flexibility index (Phi) is 6.29. The molecule has 0 N–H and O–H groups in total. The Morgan fingerprint density at radius 1 is 0.968 bits per heavy atom. The molecule has 0 aliphatic carbocycles. The predicted molar refractivity (Wildman–Crippen MR) is 120 cm³/mol. The molecular weight excluding hydrogens is 461 g/mol. The first-order valence-corrected chi connectivity index (χ1v) is 11.2. The number of likely N-dealkylation sites (tertiary alicyclic amines) is 1. The van der Waals surface area contributed by atoms with Crippen LogP contribution in [-0.2, 0) is 4.79 Å². The summed E-state index contributed by atoms with van der Waals surface area (Å²) < 4.78 is 6.20. The average molecular weight is 481 g/mol. The molecule has 0 saturated carbocycles. The van der Waals surface area contributed by atoms with Gasteiger partial charge in [0.1, 0.15) is 11.4 Å². The summed E-state index contributed by atoms with van der Waals surface area (Å²) in [6.45, 7) is 0.920. The van der Waals surface area contributed by atoms with Gasteiger partial charge in [0.25, 0.3) is 0 Å². The Labute approximate surface area is 195 Å². The minimum Gasteiger partial charge on any atom is -0.484 e. The van der Waals surface area contributed by atoms with Gasteiger partial charge in [-0.05, 0) is 36.4 Å². The van der Waals surface area contributed by atoms with Crippen LogP contribution in [0.15, 0.2) is 36.4 Å². The molecule has 2 aliphatic heterocycles. The number of hydrogen-bond acceptors (Lipinski definition) is 4. The normalized spacial score (nSPS) is 17.3. The molecule has 5 nitrogen and oxygen atoms in total. The van der Waals surface area contributed by atoms with Crippen molar-refractivity contribution in [3.05, 3.63) is 62.6 Å². The van der Waals surface area contributed by atoms with Gasteiger partial charge < -0.3 is 9.64 Å². The molecule has 2 aromatic rings. The molecule has 31 heavy (non-hydrogen) atoms. The zero-order valence-corrected chi connectivity index (χ0v) is 18.9. The van der Waals surface area contributed by atoms with Crippen molar-refractivity contribution in [3.8, 4) is 5.75 Å². The molecule has 0 aromatic heterocycles. The van der Waals surface area contributed by atoms with Crippen LogP contribution >= 0.6 is 34.8 Å². The monoisotopic (exact) mass is 479 g/mol. The first kappa shape index (κ1) is 22.1. The van der Waals surface area contributed by atoms with Crippen LogP contribution in [0.5, 0.6) is 5.75 Å². The average Bonchev–Trinajstić information content (AvgIpc) is 2.74. The van der Waals surface area contributed by atoms with E-state index in [4.69, 9.17) is 39.5 Å². The van der Waals surface area contributed by atoms with Gasteiger partial charge in [0, 0.05) is 54.4 Å². The quantitative estimate of drug-likeness (QED) is 0.532. The molecule has 1 saturated heterocycles. The van der Waals surface area contributed by atoms with Crippen LogP contribution in [0.4, 0.5) is 0 Å². The Bertz CT molecular complexity index is 1040. The van der Waals surface area contributed by atoms with E-state index in [2.05, 4.69) is 0 Å². The fourth-order valence-electron chi connectivity index (χ4n) is 4.11. The maximum absolute atomic E-state index is 12.7. The molecule has 1 spiro atoms. The first-order chi connectivity index (χ1) is 14.8. The highest BCUT2D eigenvalue weighted by Gasteiger charge is 2.44. The van der Waals surface area contributed by atoms with Gasteiger partial charge in [-0.25, -0.2) is 0 Å². The van der Waals surface area contributed by atoms with E-state index in [1.54, 1.807) is 41.3 Å². The van der Waals surface area contributed by atoms with Gasteiger partial charge in [0.2, 0.25) is 5.91 Å². The number of fused-ring (bicyclic) bond motifs is 1. The van der Waals surface area contributed by atoms with E-state index in [-0.39, 0.29) is 36.7 Å². The summed E-state index contributed by atoms with van der Waals surface area (Å²) in [4.78, 5) is 39.3. The smallest absolute Gasteiger partial charge is 0.223 e. The second-order valence-corrected chi connectivity index (χ2v) is 9.24. The molecule has 0 atom stereocenters. The van der Waals surface area contributed by atoms with Crippen molar-refractivity contribution in [2.24, 2.45) is 0 Å². The van der Waals surface area contributed by atoms with E-state index >= 15 is 0 Å². The van der Waals surface area contributed by atoms with Gasteiger partial charge >= 0.3 is 0 Å². The lowest BCUT2D eigenvalue weighted by molar-refractivity contribution is -0.134. The lowest BCUT2D eigenvalue weighted by Crippen LogP contribution is -2.52. The van der Waals surface area contributed by atoms with Crippen LogP contribution in [0.25, 0.3) is 0 Å². The number of carbonyl (C=O) groups excluding carboxylic acids is 3. The van der Waals surface area contributed by atoms with Gasteiger partial charge in [-0.1, -0.05) is 34.8 Å². The summed E-state index contributed by atoms with van der Waals surface area (Å²) in [7, 11) is 0. The van der Waals surface area contributed by atoms with Gasteiger partial charge in [0.05, 0.1) is 17.0 Å². The summed E-state index contributed by atoms with van der Waals surface area (Å²) in [6.07, 6.45) is 1.55. The highest BCUT2D eigenvalue weighted by atomic mass is 35.5. The molecule has 2 aromatic carbocycles. The number of nitrogens with zero attached hydrogens (tertiary/aromatic N) is 1. The van der Waals surface area contributed by atoms with Crippen molar-refractivity contribution >= 4 is 52.3 Å². The molecule has 2 heterocycles. The number of halogens is 3. The third-order valence-electron chi connectivity index (χ3n) is 5.87. The highest BCUT2D eigenvalue weighted by Crippen LogP contribution is 2.44. The Morgan fingerprint density at radius 2 is 1.65 bits per heavy atom. The molecule has 1 fully saturated rings. The molecule has 0 bridgehead atoms. The summed E-state index contributed by atoms with van der Waals surface area (Å²) >= 11 is 18.1. The molecular formula is C23H20Cl3NO4. The van der Waals surface area contributed by atoms with Gasteiger partial charge in [-0.2, -0.15) is 0 Å². The Hall–Kier alpha value is -2.08. The van der Waals surface area contributed by atoms with Gasteiger partial charge in [-0.3, -0.25) is 14.4 Å². The fraction of sp³-hybridized carbons (Fsp3) is 0.348. The summed E-state index contributed by atoms with van der Waals surface area (Å²) in [6, 6.07) is 9.77. The number of amides is 1. The number of hydrogen-bond donors (Lipinski definition) is 0. The number of ether oxygens (including phenoxy) is 1. The van der Waals surface area contributed by atoms with Crippen LogP contribution < -0.4 is 4.74 Å². The van der Waals surface area contributed by atoms with Crippen LogP contribution in [0.2, 0.25) is 15.1 Å². The third kappa shape index (κ3) is 4.74. The van der Waals surface area contributed by atoms with E-state index in [0.717, 1.165) is 0 Å². The van der Waals surface area contributed by atoms with Crippen molar-refractivity contribution in [2.75, 3.05) is 13.1 Å². The van der Waals surface area contributed by atoms with E-state index in [1.807, 2.05) is 0 Å². The van der Waals surface area contributed by atoms with Crippen molar-refractivity contribution in [1.82, 2.24) is 4.90 Å². The highest BCUT2D eigenvalue weighted by molar-refractivity contribution is 6.36. The summed E-state index contributed by atoms with van der Waals surface area (Å²) in [5, 5.41) is 1.27. The van der Waals surface area contributed by atoms with E-state index in [1.165, 1.54) is 0 Å². The van der Waals surface area contributed by atoms with E-state index in [9.17, 15) is 14.4 Å². The zero-order valence-electron chi connectivity index (χ0n) is 16.6. The topological polar surface area (TPSA) is 63.7 Å². The third-order valence-corrected chi connectivity index (χ3v) is 6.62. The number of carbonyl (C=O) groups is 3. The molecule has 4 rings (SSSR count). The molecule has 2 aliphatic rings.